The van der Waals surface area contributed by atoms with E-state index in [1.165, 1.54) is 0 Å². The van der Waals surface area contributed by atoms with E-state index in [0.717, 1.165) is 16.7 Å². The Morgan fingerprint density at radius 1 is 0.756 bits per heavy atom. The van der Waals surface area contributed by atoms with E-state index in [2.05, 4.69) is 10.6 Å². The number of benzene rings is 3. The fourth-order valence-electron chi connectivity index (χ4n) is 4.61. The van der Waals surface area contributed by atoms with Gasteiger partial charge in [-0.15, -0.1) is 0 Å². The minimum Gasteiger partial charge on any atom is -0.444 e. The van der Waals surface area contributed by atoms with Crippen LogP contribution in [0.25, 0.3) is 0 Å². The summed E-state index contributed by atoms with van der Waals surface area (Å²) < 4.78 is 5.45. The first-order valence-electron chi connectivity index (χ1n) is 13.9. The summed E-state index contributed by atoms with van der Waals surface area (Å²) in [5, 5.41) is 17.1. The maximum absolute atomic E-state index is 13.6. The highest BCUT2D eigenvalue weighted by atomic mass is 16.6. The molecule has 3 aromatic carbocycles. The van der Waals surface area contributed by atoms with Crippen LogP contribution in [0.5, 0.6) is 0 Å². The normalized spacial score (nSPS) is 14.2. The SMILES string of the molecule is CC(C)(C)OC(=O)N[C@@H](Cc1ccccc1)[C@@H](O)C[C@H](Cc1ccccc1)C(=O)N[C@@H](Cc1ccccc1)C(N)=O. The van der Waals surface area contributed by atoms with Crippen LogP contribution in [0, 0.1) is 5.92 Å². The van der Waals surface area contributed by atoms with E-state index in [0.29, 0.717) is 12.8 Å². The quantitative estimate of drug-likeness (QED) is 0.252. The van der Waals surface area contributed by atoms with Crippen molar-refractivity contribution in [1.29, 1.82) is 0 Å². The van der Waals surface area contributed by atoms with Gasteiger partial charge in [-0.3, -0.25) is 9.59 Å². The number of ether oxygens (including phenoxy) is 1. The van der Waals surface area contributed by atoms with E-state index < -0.39 is 47.6 Å². The molecule has 8 heteroatoms. The first-order chi connectivity index (χ1) is 19.5. The lowest BCUT2D eigenvalue weighted by atomic mass is 9.88. The van der Waals surface area contributed by atoms with Gasteiger partial charge in [0.1, 0.15) is 11.6 Å². The molecule has 3 aromatic rings. The standard InChI is InChI=1S/C33H41N3O5/c1-33(2,3)41-32(40)36-27(20-24-15-9-5-10-16-24)29(37)22-26(19-23-13-7-4-8-14-23)31(39)35-28(30(34)38)21-25-17-11-6-12-18-25/h4-18,26-29,37H,19-22H2,1-3H3,(H2,34,38)(H,35,39)(H,36,40)/t26-,27-,28-,29-/m0/s1. The zero-order valence-electron chi connectivity index (χ0n) is 24.0. The van der Waals surface area contributed by atoms with Crippen LogP contribution >= 0.6 is 0 Å². The van der Waals surface area contributed by atoms with Crippen LogP contribution in [0.1, 0.15) is 43.9 Å². The predicted octanol–water partition coefficient (Wildman–Crippen LogP) is 3.95. The molecule has 0 fully saturated rings. The van der Waals surface area contributed by atoms with Gasteiger partial charge >= 0.3 is 6.09 Å². The van der Waals surface area contributed by atoms with Crippen LogP contribution < -0.4 is 16.4 Å². The van der Waals surface area contributed by atoms with Gasteiger partial charge in [0.05, 0.1) is 12.1 Å². The summed E-state index contributed by atoms with van der Waals surface area (Å²) in [7, 11) is 0. The summed E-state index contributed by atoms with van der Waals surface area (Å²) in [6.45, 7) is 5.29. The summed E-state index contributed by atoms with van der Waals surface area (Å²) in [5.41, 5.74) is 7.62. The lowest BCUT2D eigenvalue weighted by molar-refractivity contribution is -0.130. The second-order valence-electron chi connectivity index (χ2n) is 11.3. The highest BCUT2D eigenvalue weighted by Gasteiger charge is 2.31. The maximum Gasteiger partial charge on any atom is 0.407 e. The molecule has 0 bridgehead atoms. The summed E-state index contributed by atoms with van der Waals surface area (Å²) >= 11 is 0. The topological polar surface area (TPSA) is 131 Å². The van der Waals surface area contributed by atoms with E-state index in [4.69, 9.17) is 10.5 Å². The number of carbonyl (C=O) groups is 3. The number of aliphatic hydroxyl groups excluding tert-OH is 1. The number of nitrogens with two attached hydrogens (primary N) is 1. The molecule has 5 N–H and O–H groups in total. The van der Waals surface area contributed by atoms with Gasteiger partial charge in [-0.05, 0) is 56.7 Å². The van der Waals surface area contributed by atoms with Crippen LogP contribution in [0.15, 0.2) is 91.0 Å². The third-order valence-electron chi connectivity index (χ3n) is 6.63. The second-order valence-corrected chi connectivity index (χ2v) is 11.3. The van der Waals surface area contributed by atoms with Crippen LogP contribution in [0.3, 0.4) is 0 Å². The number of hydrogen-bond donors (Lipinski definition) is 4. The molecule has 8 nitrogen and oxygen atoms in total. The molecule has 0 radical (unpaired) electrons. The second kappa shape index (κ2) is 15.0. The lowest BCUT2D eigenvalue weighted by Gasteiger charge is -2.29. The van der Waals surface area contributed by atoms with Gasteiger partial charge in [0.2, 0.25) is 11.8 Å². The Morgan fingerprint density at radius 2 is 1.22 bits per heavy atom. The largest absolute Gasteiger partial charge is 0.444 e. The molecule has 0 unspecified atom stereocenters. The first-order valence-corrected chi connectivity index (χ1v) is 13.9. The van der Waals surface area contributed by atoms with Crippen molar-refractivity contribution in [3.63, 3.8) is 0 Å². The zero-order chi connectivity index (χ0) is 29.8. The van der Waals surface area contributed by atoms with Crippen molar-refractivity contribution in [1.82, 2.24) is 10.6 Å². The molecule has 0 spiro atoms. The molecule has 3 rings (SSSR count). The minimum atomic E-state index is -1.09. The van der Waals surface area contributed by atoms with Crippen molar-refractivity contribution in [3.8, 4) is 0 Å². The summed E-state index contributed by atoms with van der Waals surface area (Å²) in [4.78, 5) is 38.6. The molecule has 0 aliphatic heterocycles. The molecule has 218 valence electrons. The van der Waals surface area contributed by atoms with E-state index in [1.807, 2.05) is 91.0 Å². The van der Waals surface area contributed by atoms with Crippen molar-refractivity contribution < 1.29 is 24.2 Å². The Morgan fingerprint density at radius 3 is 1.68 bits per heavy atom. The minimum absolute atomic E-state index is 0.0326. The van der Waals surface area contributed by atoms with Crippen LogP contribution in [0.4, 0.5) is 4.79 Å². The van der Waals surface area contributed by atoms with Crippen molar-refractivity contribution >= 4 is 17.9 Å². The lowest BCUT2D eigenvalue weighted by Crippen LogP contribution is -2.51. The monoisotopic (exact) mass is 559 g/mol. The number of aliphatic hydroxyl groups is 1. The first kappa shape index (κ1) is 31.4. The molecule has 0 saturated heterocycles. The Kier molecular flexibility index (Phi) is 11.5. The number of rotatable bonds is 13. The van der Waals surface area contributed by atoms with Gasteiger partial charge < -0.3 is 26.2 Å². The van der Waals surface area contributed by atoms with Gasteiger partial charge in [0.15, 0.2) is 0 Å². The van der Waals surface area contributed by atoms with E-state index in [1.54, 1.807) is 20.8 Å². The third kappa shape index (κ3) is 11.1. The van der Waals surface area contributed by atoms with Gasteiger partial charge in [-0.1, -0.05) is 91.0 Å². The molecule has 4 atom stereocenters. The molecule has 3 amide bonds. The fraction of sp³-hybridized carbons (Fsp3) is 0.364. The van der Waals surface area contributed by atoms with Gasteiger partial charge in [-0.25, -0.2) is 4.79 Å². The molecule has 0 aliphatic carbocycles. The van der Waals surface area contributed by atoms with Gasteiger partial charge in [0, 0.05) is 12.3 Å². The Bertz CT molecular complexity index is 1250. The number of nitrogens with one attached hydrogen (secondary N) is 2. The van der Waals surface area contributed by atoms with E-state index in [-0.39, 0.29) is 12.8 Å². The van der Waals surface area contributed by atoms with Crippen molar-refractivity contribution in [2.45, 2.75) is 70.2 Å². The van der Waals surface area contributed by atoms with E-state index in [9.17, 15) is 19.5 Å². The number of alkyl carbamates (subject to hydrolysis) is 1. The molecule has 0 aliphatic rings. The van der Waals surface area contributed by atoms with Crippen LogP contribution in [-0.2, 0) is 33.6 Å². The molecule has 41 heavy (non-hydrogen) atoms. The molecule has 0 aromatic heterocycles. The summed E-state index contributed by atoms with van der Waals surface area (Å²) in [6.07, 6.45) is -0.810. The third-order valence-corrected chi connectivity index (χ3v) is 6.63. The molecule has 0 heterocycles. The molecular formula is C33H41N3O5. The average Bonchev–Trinajstić information content (AvgIpc) is 2.92. The zero-order valence-corrected chi connectivity index (χ0v) is 24.0. The maximum atomic E-state index is 13.6. The van der Waals surface area contributed by atoms with Gasteiger partial charge in [0.25, 0.3) is 0 Å². The van der Waals surface area contributed by atoms with E-state index >= 15 is 0 Å². The molecular weight excluding hydrogens is 518 g/mol. The Labute approximate surface area is 242 Å². The number of hydrogen-bond acceptors (Lipinski definition) is 5. The fourth-order valence-corrected chi connectivity index (χ4v) is 4.61. The average molecular weight is 560 g/mol. The van der Waals surface area contributed by atoms with Crippen molar-refractivity contribution in [2.24, 2.45) is 11.7 Å². The summed E-state index contributed by atoms with van der Waals surface area (Å²) in [6, 6.07) is 26.6. The number of carbonyl (C=O) groups excluding carboxylic acids is 3. The highest BCUT2D eigenvalue weighted by molar-refractivity contribution is 5.88. The highest BCUT2D eigenvalue weighted by Crippen LogP contribution is 2.20. The van der Waals surface area contributed by atoms with Crippen LogP contribution in [-0.4, -0.2) is 46.8 Å². The van der Waals surface area contributed by atoms with Crippen LogP contribution in [0.2, 0.25) is 0 Å². The van der Waals surface area contributed by atoms with Crippen molar-refractivity contribution in [3.05, 3.63) is 108 Å². The van der Waals surface area contributed by atoms with Crippen molar-refractivity contribution in [2.75, 3.05) is 0 Å². The number of amides is 3. The predicted molar refractivity (Wildman–Crippen MR) is 159 cm³/mol. The van der Waals surface area contributed by atoms with Gasteiger partial charge in [-0.2, -0.15) is 0 Å². The number of primary amides is 1. The summed E-state index contributed by atoms with van der Waals surface area (Å²) in [5.74, 6) is -1.75. The Balaban J connectivity index is 1.82. The smallest absolute Gasteiger partial charge is 0.407 e. The molecule has 0 saturated carbocycles. The Hall–Kier alpha value is -4.17.